The minimum Gasteiger partial charge on any atom is -0.394 e. The Morgan fingerprint density at radius 3 is 2.55 bits per heavy atom. The fraction of sp³-hybridized carbons (Fsp3) is 0.125. The van der Waals surface area contributed by atoms with Crippen LogP contribution in [0.4, 0.5) is 0 Å². The number of benzene rings is 2. The highest BCUT2D eigenvalue weighted by molar-refractivity contribution is 6.34. The SMILES string of the molecule is NC(=O)c1ccc(-c2ccc(Cl)c(C(=O)NC(CO)Cc3c[nH]c4cnccc34)c2)cc1Cl. The summed E-state index contributed by atoms with van der Waals surface area (Å²) in [5.41, 5.74) is 9.00. The zero-order valence-electron chi connectivity index (χ0n) is 17.3. The number of pyridine rings is 1. The van der Waals surface area contributed by atoms with Crippen molar-refractivity contribution >= 4 is 45.9 Å². The lowest BCUT2D eigenvalue weighted by molar-refractivity contribution is 0.0916. The minimum atomic E-state index is -0.621. The molecule has 0 bridgehead atoms. The smallest absolute Gasteiger partial charge is 0.253 e. The first-order valence-corrected chi connectivity index (χ1v) is 10.8. The standard InChI is InChI=1S/C24H20Cl2N4O3/c25-20-4-2-13(14-1-3-18(23(27)32)21(26)9-14)8-19(20)24(33)30-16(12-31)7-15-10-29-22-11-28-6-5-17(15)22/h1-6,8-11,16,29,31H,7,12H2,(H2,27,32)(H,30,33). The molecule has 0 spiro atoms. The molecule has 4 rings (SSSR count). The fourth-order valence-electron chi connectivity index (χ4n) is 3.66. The molecule has 0 aliphatic carbocycles. The molecule has 0 aliphatic heterocycles. The lowest BCUT2D eigenvalue weighted by Gasteiger charge is -2.17. The van der Waals surface area contributed by atoms with Crippen LogP contribution in [0.25, 0.3) is 22.0 Å². The molecule has 7 nitrogen and oxygen atoms in total. The van der Waals surface area contributed by atoms with E-state index in [1.165, 1.54) is 6.07 Å². The second kappa shape index (κ2) is 9.62. The molecule has 0 aliphatic rings. The van der Waals surface area contributed by atoms with Gasteiger partial charge in [-0.2, -0.15) is 0 Å². The zero-order valence-corrected chi connectivity index (χ0v) is 18.8. The van der Waals surface area contributed by atoms with Crippen molar-refractivity contribution in [2.75, 3.05) is 6.61 Å². The zero-order chi connectivity index (χ0) is 23.5. The number of fused-ring (bicyclic) bond motifs is 1. The number of nitrogens with one attached hydrogen (secondary N) is 2. The number of halogens is 2. The molecule has 5 N–H and O–H groups in total. The second-order valence-electron chi connectivity index (χ2n) is 7.55. The Bertz CT molecular complexity index is 1350. The maximum absolute atomic E-state index is 13.0. The summed E-state index contributed by atoms with van der Waals surface area (Å²) < 4.78 is 0. The number of aliphatic hydroxyl groups excluding tert-OH is 1. The van der Waals surface area contributed by atoms with Crippen LogP contribution in [0.5, 0.6) is 0 Å². The van der Waals surface area contributed by atoms with Gasteiger partial charge in [-0.25, -0.2) is 0 Å². The summed E-state index contributed by atoms with van der Waals surface area (Å²) in [5.74, 6) is -1.04. The second-order valence-corrected chi connectivity index (χ2v) is 8.36. The molecule has 9 heteroatoms. The van der Waals surface area contributed by atoms with Gasteiger partial charge in [-0.3, -0.25) is 14.6 Å². The van der Waals surface area contributed by atoms with Crippen LogP contribution in [0.3, 0.4) is 0 Å². The number of hydrogen-bond donors (Lipinski definition) is 4. The van der Waals surface area contributed by atoms with Crippen LogP contribution in [-0.2, 0) is 6.42 Å². The van der Waals surface area contributed by atoms with Gasteiger partial charge in [0.25, 0.3) is 5.91 Å². The molecule has 0 saturated carbocycles. The van der Waals surface area contributed by atoms with E-state index in [0.29, 0.717) is 17.5 Å². The predicted molar refractivity (Wildman–Crippen MR) is 129 cm³/mol. The summed E-state index contributed by atoms with van der Waals surface area (Å²) in [4.78, 5) is 31.6. The van der Waals surface area contributed by atoms with Gasteiger partial charge >= 0.3 is 0 Å². The van der Waals surface area contributed by atoms with E-state index < -0.39 is 17.9 Å². The Morgan fingerprint density at radius 1 is 1.06 bits per heavy atom. The van der Waals surface area contributed by atoms with Crippen molar-refractivity contribution in [3.63, 3.8) is 0 Å². The van der Waals surface area contributed by atoms with Crippen molar-refractivity contribution in [3.8, 4) is 11.1 Å². The van der Waals surface area contributed by atoms with Gasteiger partial charge in [-0.05, 0) is 53.4 Å². The van der Waals surface area contributed by atoms with Crippen LogP contribution in [0.15, 0.2) is 61.1 Å². The maximum Gasteiger partial charge on any atom is 0.253 e. The molecule has 168 valence electrons. The number of carbonyl (C=O) groups is 2. The third-order valence-electron chi connectivity index (χ3n) is 5.37. The van der Waals surface area contributed by atoms with Crippen LogP contribution in [0.2, 0.25) is 10.0 Å². The number of carbonyl (C=O) groups excluding carboxylic acids is 2. The molecule has 33 heavy (non-hydrogen) atoms. The van der Waals surface area contributed by atoms with E-state index in [9.17, 15) is 14.7 Å². The topological polar surface area (TPSA) is 121 Å². The molecule has 1 atom stereocenters. The van der Waals surface area contributed by atoms with Gasteiger partial charge in [-0.1, -0.05) is 35.3 Å². The number of nitrogens with zero attached hydrogens (tertiary/aromatic N) is 1. The van der Waals surface area contributed by atoms with E-state index in [4.69, 9.17) is 28.9 Å². The van der Waals surface area contributed by atoms with Crippen molar-refractivity contribution < 1.29 is 14.7 Å². The average molecular weight is 483 g/mol. The molecule has 2 amide bonds. The third kappa shape index (κ3) is 4.85. The number of aliphatic hydroxyl groups is 1. The normalized spacial score (nSPS) is 12.0. The van der Waals surface area contributed by atoms with Gasteiger partial charge in [0.1, 0.15) is 0 Å². The third-order valence-corrected chi connectivity index (χ3v) is 6.01. The Hall–Kier alpha value is -3.39. The first-order valence-electron chi connectivity index (χ1n) is 10.1. The van der Waals surface area contributed by atoms with E-state index >= 15 is 0 Å². The molecule has 4 aromatic rings. The van der Waals surface area contributed by atoms with Crippen LogP contribution in [0.1, 0.15) is 26.3 Å². The molecular formula is C24H20Cl2N4O3. The van der Waals surface area contributed by atoms with E-state index in [1.54, 1.807) is 42.7 Å². The van der Waals surface area contributed by atoms with Crippen molar-refractivity contribution in [2.24, 2.45) is 5.73 Å². The highest BCUT2D eigenvalue weighted by Crippen LogP contribution is 2.29. The van der Waals surface area contributed by atoms with E-state index in [2.05, 4.69) is 15.3 Å². The van der Waals surface area contributed by atoms with Crippen LogP contribution < -0.4 is 11.1 Å². The number of amides is 2. The first-order chi connectivity index (χ1) is 15.9. The first kappa shape index (κ1) is 22.8. The molecule has 2 aromatic heterocycles. The van der Waals surface area contributed by atoms with Gasteiger partial charge in [-0.15, -0.1) is 0 Å². The van der Waals surface area contributed by atoms with Gasteiger partial charge in [0, 0.05) is 17.8 Å². The summed E-state index contributed by atoms with van der Waals surface area (Å²) in [7, 11) is 0. The van der Waals surface area contributed by atoms with E-state index in [-0.39, 0.29) is 27.8 Å². The molecule has 1 unspecified atom stereocenters. The van der Waals surface area contributed by atoms with Crippen LogP contribution in [-0.4, -0.2) is 39.5 Å². The molecule has 2 heterocycles. The Labute approximate surface area is 199 Å². The van der Waals surface area contributed by atoms with E-state index in [1.807, 2.05) is 12.3 Å². The summed E-state index contributed by atoms with van der Waals surface area (Å²) in [6.45, 7) is -0.245. The number of primary amides is 1. The van der Waals surface area contributed by atoms with Crippen LogP contribution >= 0.6 is 23.2 Å². The number of rotatable bonds is 7. The highest BCUT2D eigenvalue weighted by Gasteiger charge is 2.19. The Balaban J connectivity index is 1.56. The summed E-state index contributed by atoms with van der Waals surface area (Å²) in [6.07, 6.45) is 5.68. The summed E-state index contributed by atoms with van der Waals surface area (Å²) >= 11 is 12.5. The Kier molecular flexibility index (Phi) is 6.65. The average Bonchev–Trinajstić information content (AvgIpc) is 3.21. The fourth-order valence-corrected chi connectivity index (χ4v) is 4.14. The number of H-pyrrole nitrogens is 1. The van der Waals surface area contributed by atoms with E-state index in [0.717, 1.165) is 16.5 Å². The Morgan fingerprint density at radius 2 is 1.82 bits per heavy atom. The van der Waals surface area contributed by atoms with Crippen molar-refractivity contribution in [2.45, 2.75) is 12.5 Å². The quantitative estimate of drug-likeness (QED) is 0.318. The lowest BCUT2D eigenvalue weighted by Crippen LogP contribution is -2.39. The monoisotopic (exact) mass is 482 g/mol. The predicted octanol–water partition coefficient (Wildman–Crippen LogP) is 3.97. The van der Waals surface area contributed by atoms with Gasteiger partial charge in [0.05, 0.1) is 45.5 Å². The van der Waals surface area contributed by atoms with Gasteiger partial charge in [0.15, 0.2) is 0 Å². The molecule has 0 radical (unpaired) electrons. The van der Waals surface area contributed by atoms with Gasteiger partial charge in [0.2, 0.25) is 5.91 Å². The van der Waals surface area contributed by atoms with Crippen molar-refractivity contribution in [3.05, 3.63) is 87.8 Å². The van der Waals surface area contributed by atoms with Crippen molar-refractivity contribution in [1.29, 1.82) is 0 Å². The summed E-state index contributed by atoms with van der Waals surface area (Å²) in [5, 5.41) is 14.2. The highest BCUT2D eigenvalue weighted by atomic mass is 35.5. The molecule has 2 aromatic carbocycles. The van der Waals surface area contributed by atoms with Gasteiger partial charge < -0.3 is 21.1 Å². The molecular weight excluding hydrogens is 463 g/mol. The largest absolute Gasteiger partial charge is 0.394 e. The number of aromatic amines is 1. The summed E-state index contributed by atoms with van der Waals surface area (Å²) in [6, 6.07) is 11.2. The lowest BCUT2D eigenvalue weighted by atomic mass is 10.0. The minimum absolute atomic E-state index is 0.214. The maximum atomic E-state index is 13.0. The molecule has 0 saturated heterocycles. The number of aromatic nitrogens is 2. The molecule has 0 fully saturated rings. The number of nitrogens with two attached hydrogens (primary N) is 1. The van der Waals surface area contributed by atoms with Crippen LogP contribution in [0, 0.1) is 0 Å². The van der Waals surface area contributed by atoms with Crippen molar-refractivity contribution in [1.82, 2.24) is 15.3 Å². The number of hydrogen-bond acceptors (Lipinski definition) is 4.